The van der Waals surface area contributed by atoms with Gasteiger partial charge >= 0.3 is 5.76 Å². The van der Waals surface area contributed by atoms with E-state index in [1.54, 1.807) is 0 Å². The number of benzene rings is 1. The molecule has 0 atom stereocenters. The van der Waals surface area contributed by atoms with Crippen molar-refractivity contribution in [2.24, 2.45) is 5.92 Å². The molecule has 0 bridgehead atoms. The Hall–Kier alpha value is -1.02. The number of rotatable bonds is 5. The van der Waals surface area contributed by atoms with Gasteiger partial charge in [0.1, 0.15) is 0 Å². The van der Waals surface area contributed by atoms with Crippen molar-refractivity contribution >= 4 is 19.7 Å². The fraction of sp³-hybridized carbons (Fsp3) is 0.455. The van der Waals surface area contributed by atoms with E-state index in [1.807, 2.05) is 0 Å². The standard InChI is InChI=1S/C11H12F2O4S2/c12-11(13)19(16,17)10-4-2-1-3-9(10)18(14,15)7-8-5-6-8/h1-4,8,11H,5-7H2. The number of hydrogen-bond acceptors (Lipinski definition) is 4. The molecule has 0 saturated heterocycles. The average Bonchev–Trinajstić information content (AvgIpc) is 3.12. The zero-order chi connectivity index (χ0) is 14.3. The highest BCUT2D eigenvalue weighted by Gasteiger charge is 2.35. The van der Waals surface area contributed by atoms with Gasteiger partial charge in [-0.1, -0.05) is 12.1 Å². The lowest BCUT2D eigenvalue weighted by Crippen LogP contribution is -2.17. The molecule has 1 aliphatic rings. The van der Waals surface area contributed by atoms with Crippen LogP contribution in [-0.4, -0.2) is 28.3 Å². The summed E-state index contributed by atoms with van der Waals surface area (Å²) in [5, 5.41) is 0. The summed E-state index contributed by atoms with van der Waals surface area (Å²) in [5.41, 5.74) is 0. The number of hydrogen-bond donors (Lipinski definition) is 0. The van der Waals surface area contributed by atoms with Gasteiger partial charge in [0, 0.05) is 0 Å². The molecule has 1 aliphatic carbocycles. The molecule has 19 heavy (non-hydrogen) atoms. The highest BCUT2D eigenvalue weighted by atomic mass is 32.2. The molecule has 1 aromatic rings. The quantitative estimate of drug-likeness (QED) is 0.832. The summed E-state index contributed by atoms with van der Waals surface area (Å²) < 4.78 is 72.2. The van der Waals surface area contributed by atoms with E-state index in [9.17, 15) is 25.6 Å². The first-order chi connectivity index (χ1) is 8.75. The predicted octanol–water partition coefficient (Wildman–Crippen LogP) is 1.87. The summed E-state index contributed by atoms with van der Waals surface area (Å²) in [7, 11) is -8.78. The van der Waals surface area contributed by atoms with Gasteiger partial charge in [-0.25, -0.2) is 16.8 Å². The summed E-state index contributed by atoms with van der Waals surface area (Å²) in [6.07, 6.45) is 1.53. The summed E-state index contributed by atoms with van der Waals surface area (Å²) in [5.74, 6) is -3.82. The van der Waals surface area contributed by atoms with E-state index in [0.29, 0.717) is 0 Å². The fourth-order valence-corrected chi connectivity index (χ4v) is 5.05. The normalized spacial score (nSPS) is 16.8. The molecule has 0 aromatic heterocycles. The van der Waals surface area contributed by atoms with Gasteiger partial charge in [0.25, 0.3) is 0 Å². The molecular formula is C11H12F2O4S2. The van der Waals surface area contributed by atoms with Crippen LogP contribution in [0.4, 0.5) is 8.78 Å². The largest absolute Gasteiger partial charge is 0.341 e. The van der Waals surface area contributed by atoms with Crippen molar-refractivity contribution in [3.63, 3.8) is 0 Å². The van der Waals surface area contributed by atoms with Crippen LogP contribution in [-0.2, 0) is 19.7 Å². The Balaban J connectivity index is 2.53. The van der Waals surface area contributed by atoms with Crippen LogP contribution in [0.3, 0.4) is 0 Å². The van der Waals surface area contributed by atoms with Gasteiger partial charge in [-0.05, 0) is 30.9 Å². The topological polar surface area (TPSA) is 68.3 Å². The number of alkyl halides is 2. The molecular weight excluding hydrogens is 298 g/mol. The molecule has 0 aliphatic heterocycles. The van der Waals surface area contributed by atoms with Gasteiger partial charge < -0.3 is 0 Å². The monoisotopic (exact) mass is 310 g/mol. The van der Waals surface area contributed by atoms with E-state index >= 15 is 0 Å². The molecule has 1 aromatic carbocycles. The van der Waals surface area contributed by atoms with Crippen LogP contribution >= 0.6 is 0 Å². The van der Waals surface area contributed by atoms with Crippen LogP contribution in [0.5, 0.6) is 0 Å². The second-order valence-corrected chi connectivity index (χ2v) is 8.37. The lowest BCUT2D eigenvalue weighted by atomic mass is 10.4. The first-order valence-electron chi connectivity index (χ1n) is 5.59. The maximum atomic E-state index is 12.6. The molecule has 0 heterocycles. The minimum absolute atomic E-state index is 0.00677. The van der Waals surface area contributed by atoms with Gasteiger partial charge in [-0.2, -0.15) is 8.78 Å². The van der Waals surface area contributed by atoms with Crippen molar-refractivity contribution in [3.8, 4) is 0 Å². The lowest BCUT2D eigenvalue weighted by molar-refractivity contribution is 0.234. The fourth-order valence-electron chi connectivity index (χ4n) is 1.72. The molecule has 1 fully saturated rings. The Kier molecular flexibility index (Phi) is 3.65. The molecule has 1 saturated carbocycles. The van der Waals surface area contributed by atoms with Crippen molar-refractivity contribution in [3.05, 3.63) is 24.3 Å². The van der Waals surface area contributed by atoms with Gasteiger partial charge in [-0.15, -0.1) is 0 Å². The Morgan fingerprint density at radius 2 is 1.58 bits per heavy atom. The molecule has 0 unspecified atom stereocenters. The Labute approximate surface area is 110 Å². The van der Waals surface area contributed by atoms with E-state index in [4.69, 9.17) is 0 Å². The Morgan fingerprint density at radius 1 is 1.05 bits per heavy atom. The third-order valence-corrected chi connectivity index (χ3v) is 6.38. The SMILES string of the molecule is O=S(=O)(CC1CC1)c1ccccc1S(=O)(=O)C(F)F. The van der Waals surface area contributed by atoms with Crippen LogP contribution in [0, 0.1) is 5.92 Å². The molecule has 0 radical (unpaired) electrons. The lowest BCUT2D eigenvalue weighted by Gasteiger charge is -2.10. The van der Waals surface area contributed by atoms with Crippen molar-refractivity contribution < 1.29 is 25.6 Å². The summed E-state index contributed by atoms with van der Waals surface area (Å²) >= 11 is 0. The predicted molar refractivity (Wildman–Crippen MR) is 64.4 cm³/mol. The highest BCUT2D eigenvalue weighted by molar-refractivity contribution is 7.94. The third-order valence-electron chi connectivity index (χ3n) is 2.88. The number of sulfone groups is 2. The van der Waals surface area contributed by atoms with E-state index in [-0.39, 0.29) is 11.7 Å². The third kappa shape index (κ3) is 2.94. The molecule has 4 nitrogen and oxygen atoms in total. The second kappa shape index (κ2) is 4.82. The summed E-state index contributed by atoms with van der Waals surface area (Å²) in [6, 6.07) is 4.52. The maximum Gasteiger partial charge on any atom is 0.341 e. The van der Waals surface area contributed by atoms with Crippen LogP contribution in [0.25, 0.3) is 0 Å². The Morgan fingerprint density at radius 3 is 2.05 bits per heavy atom. The maximum absolute atomic E-state index is 12.6. The molecule has 0 spiro atoms. The van der Waals surface area contributed by atoms with Gasteiger partial charge in [0.2, 0.25) is 9.84 Å². The van der Waals surface area contributed by atoms with Crippen molar-refractivity contribution in [1.29, 1.82) is 0 Å². The zero-order valence-corrected chi connectivity index (χ0v) is 11.4. The summed E-state index contributed by atoms with van der Waals surface area (Å²) in [4.78, 5) is -1.34. The van der Waals surface area contributed by atoms with Gasteiger partial charge in [0.05, 0.1) is 15.5 Å². The van der Waals surface area contributed by atoms with Crippen molar-refractivity contribution in [2.75, 3.05) is 5.75 Å². The second-order valence-electron chi connectivity index (χ2n) is 4.48. The minimum Gasteiger partial charge on any atom is -0.224 e. The van der Waals surface area contributed by atoms with Crippen LogP contribution in [0.15, 0.2) is 34.1 Å². The van der Waals surface area contributed by atoms with E-state index in [1.165, 1.54) is 12.1 Å². The van der Waals surface area contributed by atoms with Crippen LogP contribution in [0.1, 0.15) is 12.8 Å². The minimum atomic E-state index is -4.92. The smallest absolute Gasteiger partial charge is 0.224 e. The van der Waals surface area contributed by atoms with Crippen LogP contribution < -0.4 is 0 Å². The Bertz CT molecular complexity index is 676. The van der Waals surface area contributed by atoms with E-state index in [2.05, 4.69) is 0 Å². The highest BCUT2D eigenvalue weighted by Crippen LogP contribution is 2.34. The van der Waals surface area contributed by atoms with E-state index in [0.717, 1.165) is 25.0 Å². The van der Waals surface area contributed by atoms with Crippen molar-refractivity contribution in [2.45, 2.75) is 28.4 Å². The molecule has 8 heteroatoms. The molecule has 2 rings (SSSR count). The summed E-state index contributed by atoms with van der Waals surface area (Å²) in [6.45, 7) is 0. The zero-order valence-electron chi connectivity index (χ0n) is 9.79. The number of halogens is 2. The van der Waals surface area contributed by atoms with Crippen molar-refractivity contribution in [1.82, 2.24) is 0 Å². The molecule has 0 N–H and O–H groups in total. The molecule has 0 amide bonds. The van der Waals surface area contributed by atoms with Gasteiger partial charge in [-0.3, -0.25) is 0 Å². The van der Waals surface area contributed by atoms with Gasteiger partial charge in [0.15, 0.2) is 9.84 Å². The van der Waals surface area contributed by atoms with E-state index < -0.39 is 35.2 Å². The average molecular weight is 310 g/mol. The first-order valence-corrected chi connectivity index (χ1v) is 8.79. The molecule has 106 valence electrons. The first kappa shape index (κ1) is 14.4. The van der Waals surface area contributed by atoms with Crippen LogP contribution in [0.2, 0.25) is 0 Å².